The van der Waals surface area contributed by atoms with Crippen LogP contribution in [0, 0.1) is 0 Å². The van der Waals surface area contributed by atoms with Crippen LogP contribution in [-0.4, -0.2) is 43.0 Å². The minimum Gasteiger partial charge on any atom is -0.339 e. The van der Waals surface area contributed by atoms with Crippen molar-refractivity contribution in [2.45, 2.75) is 0 Å². The van der Waals surface area contributed by atoms with Crippen molar-refractivity contribution in [3.63, 3.8) is 0 Å². The molecular formula is C10H14BrN3O. The monoisotopic (exact) mass is 271 g/mol. The van der Waals surface area contributed by atoms with Crippen LogP contribution >= 0.6 is 15.9 Å². The second-order valence-corrected chi connectivity index (χ2v) is 3.99. The minimum absolute atomic E-state index is 0.0634. The first-order valence-electron chi connectivity index (χ1n) is 4.67. The van der Waals surface area contributed by atoms with Crippen LogP contribution in [0.15, 0.2) is 22.8 Å². The minimum atomic E-state index is -0.0634. The third-order valence-corrected chi connectivity index (χ3v) is 2.42. The first kappa shape index (κ1) is 12.1. The van der Waals surface area contributed by atoms with Crippen molar-refractivity contribution < 1.29 is 4.79 Å². The molecule has 0 radical (unpaired) electrons. The molecule has 1 rings (SSSR count). The molecule has 0 aliphatic carbocycles. The van der Waals surface area contributed by atoms with E-state index in [-0.39, 0.29) is 5.91 Å². The van der Waals surface area contributed by atoms with E-state index in [4.69, 9.17) is 0 Å². The van der Waals surface area contributed by atoms with Gasteiger partial charge in [0.2, 0.25) is 0 Å². The number of hydrogen-bond donors (Lipinski definition) is 1. The molecule has 82 valence electrons. The molecule has 1 heterocycles. The smallest absolute Gasteiger partial charge is 0.272 e. The molecule has 0 atom stereocenters. The van der Waals surface area contributed by atoms with Crippen molar-refractivity contribution in [1.82, 2.24) is 15.2 Å². The lowest BCUT2D eigenvalue weighted by atomic mass is 10.3. The van der Waals surface area contributed by atoms with Gasteiger partial charge in [0.05, 0.1) is 0 Å². The van der Waals surface area contributed by atoms with E-state index in [0.717, 1.165) is 6.54 Å². The van der Waals surface area contributed by atoms with Crippen LogP contribution in [0.3, 0.4) is 0 Å². The van der Waals surface area contributed by atoms with Crippen molar-refractivity contribution in [3.05, 3.63) is 28.5 Å². The molecule has 1 N–H and O–H groups in total. The Bertz CT molecular complexity index is 343. The molecule has 0 spiro atoms. The summed E-state index contributed by atoms with van der Waals surface area (Å²) >= 11 is 3.24. The topological polar surface area (TPSA) is 45.2 Å². The van der Waals surface area contributed by atoms with Gasteiger partial charge in [0.15, 0.2) is 0 Å². The van der Waals surface area contributed by atoms with Gasteiger partial charge in [-0.25, -0.2) is 4.98 Å². The van der Waals surface area contributed by atoms with Gasteiger partial charge in [0.1, 0.15) is 10.3 Å². The second kappa shape index (κ2) is 5.82. The van der Waals surface area contributed by atoms with Crippen LogP contribution in [-0.2, 0) is 0 Å². The third kappa shape index (κ3) is 3.60. The number of nitrogens with zero attached hydrogens (tertiary/aromatic N) is 2. The van der Waals surface area contributed by atoms with Gasteiger partial charge >= 0.3 is 0 Å². The number of carbonyl (C=O) groups is 1. The molecule has 0 saturated carbocycles. The average molecular weight is 272 g/mol. The van der Waals surface area contributed by atoms with Crippen LogP contribution in [0.5, 0.6) is 0 Å². The Balaban J connectivity index is 2.67. The van der Waals surface area contributed by atoms with E-state index in [1.807, 2.05) is 7.05 Å². The predicted octanol–water partition coefficient (Wildman–Crippen LogP) is 1.14. The van der Waals surface area contributed by atoms with Gasteiger partial charge in [-0.3, -0.25) is 4.79 Å². The Labute approximate surface area is 97.8 Å². The molecule has 0 aliphatic rings. The van der Waals surface area contributed by atoms with Gasteiger partial charge in [-0.15, -0.1) is 0 Å². The summed E-state index contributed by atoms with van der Waals surface area (Å²) in [6, 6.07) is 5.31. The number of pyridine rings is 1. The third-order valence-electron chi connectivity index (χ3n) is 1.98. The van der Waals surface area contributed by atoms with Gasteiger partial charge in [-0.2, -0.15) is 0 Å². The number of halogens is 1. The number of carbonyl (C=O) groups excluding carboxylic acids is 1. The fraction of sp³-hybridized carbons (Fsp3) is 0.400. The molecule has 0 unspecified atom stereocenters. The normalized spacial score (nSPS) is 10.1. The first-order chi connectivity index (χ1) is 7.15. The van der Waals surface area contributed by atoms with Crippen LogP contribution in [0.2, 0.25) is 0 Å². The standard InChI is InChI=1S/C10H14BrN3O/c1-12-6-7-14(2)10(15)8-4-3-5-9(11)13-8/h3-5,12H,6-7H2,1-2H3. The van der Waals surface area contributed by atoms with E-state index >= 15 is 0 Å². The summed E-state index contributed by atoms with van der Waals surface area (Å²) in [5.41, 5.74) is 0.461. The first-order valence-corrected chi connectivity index (χ1v) is 5.47. The SMILES string of the molecule is CNCCN(C)C(=O)c1cccc(Br)n1. The number of amides is 1. The van der Waals surface area contributed by atoms with Crippen LogP contribution in [0.1, 0.15) is 10.5 Å². The lowest BCUT2D eigenvalue weighted by molar-refractivity contribution is 0.0791. The summed E-state index contributed by atoms with van der Waals surface area (Å²) in [6.07, 6.45) is 0. The molecule has 1 amide bonds. The van der Waals surface area contributed by atoms with E-state index < -0.39 is 0 Å². The van der Waals surface area contributed by atoms with Gasteiger partial charge < -0.3 is 10.2 Å². The maximum Gasteiger partial charge on any atom is 0.272 e. The van der Waals surface area contributed by atoms with E-state index in [2.05, 4.69) is 26.2 Å². The Morgan fingerprint density at radius 2 is 2.33 bits per heavy atom. The molecule has 0 saturated heterocycles. The van der Waals surface area contributed by atoms with Gasteiger partial charge in [-0.1, -0.05) is 6.07 Å². The number of hydrogen-bond acceptors (Lipinski definition) is 3. The van der Waals surface area contributed by atoms with E-state index in [1.54, 1.807) is 30.1 Å². The van der Waals surface area contributed by atoms with Gasteiger partial charge in [-0.05, 0) is 35.1 Å². The highest BCUT2D eigenvalue weighted by atomic mass is 79.9. The van der Waals surface area contributed by atoms with Crippen LogP contribution in [0.4, 0.5) is 0 Å². The summed E-state index contributed by atoms with van der Waals surface area (Å²) in [5, 5.41) is 2.99. The summed E-state index contributed by atoms with van der Waals surface area (Å²) in [4.78, 5) is 17.6. The second-order valence-electron chi connectivity index (χ2n) is 3.18. The summed E-state index contributed by atoms with van der Waals surface area (Å²) in [5.74, 6) is -0.0634. The van der Waals surface area contributed by atoms with Crippen molar-refractivity contribution in [2.75, 3.05) is 27.2 Å². The zero-order valence-corrected chi connectivity index (χ0v) is 10.4. The molecule has 0 aromatic carbocycles. The zero-order chi connectivity index (χ0) is 11.3. The van der Waals surface area contributed by atoms with Crippen molar-refractivity contribution in [3.8, 4) is 0 Å². The highest BCUT2D eigenvalue weighted by Crippen LogP contribution is 2.07. The van der Waals surface area contributed by atoms with Gasteiger partial charge in [0, 0.05) is 20.1 Å². The van der Waals surface area contributed by atoms with Crippen molar-refractivity contribution >= 4 is 21.8 Å². The highest BCUT2D eigenvalue weighted by molar-refractivity contribution is 9.10. The fourth-order valence-corrected chi connectivity index (χ4v) is 1.45. The Hall–Kier alpha value is -0.940. The zero-order valence-electron chi connectivity index (χ0n) is 8.83. The number of rotatable bonds is 4. The maximum atomic E-state index is 11.8. The average Bonchev–Trinajstić information content (AvgIpc) is 2.24. The maximum absolute atomic E-state index is 11.8. The fourth-order valence-electron chi connectivity index (χ4n) is 1.10. The van der Waals surface area contributed by atoms with Crippen molar-refractivity contribution in [1.29, 1.82) is 0 Å². The number of nitrogens with one attached hydrogen (secondary N) is 1. The van der Waals surface area contributed by atoms with Crippen LogP contribution in [0.25, 0.3) is 0 Å². The van der Waals surface area contributed by atoms with Gasteiger partial charge in [0.25, 0.3) is 5.91 Å². The molecular weight excluding hydrogens is 258 g/mol. The summed E-state index contributed by atoms with van der Waals surface area (Å²) < 4.78 is 0.676. The molecule has 0 fully saturated rings. The largest absolute Gasteiger partial charge is 0.339 e. The molecule has 0 bridgehead atoms. The highest BCUT2D eigenvalue weighted by Gasteiger charge is 2.12. The summed E-state index contributed by atoms with van der Waals surface area (Å²) in [6.45, 7) is 1.44. The molecule has 4 nitrogen and oxygen atoms in total. The molecule has 0 aliphatic heterocycles. The lowest BCUT2D eigenvalue weighted by Gasteiger charge is -2.16. The lowest BCUT2D eigenvalue weighted by Crippen LogP contribution is -2.33. The summed E-state index contributed by atoms with van der Waals surface area (Å²) in [7, 11) is 3.62. The Morgan fingerprint density at radius 3 is 2.93 bits per heavy atom. The number of likely N-dealkylation sites (N-methyl/N-ethyl adjacent to an activating group) is 2. The quantitative estimate of drug-likeness (QED) is 0.836. The Morgan fingerprint density at radius 1 is 1.60 bits per heavy atom. The molecule has 1 aromatic heterocycles. The van der Waals surface area contributed by atoms with E-state index in [0.29, 0.717) is 16.8 Å². The molecule has 15 heavy (non-hydrogen) atoms. The number of aromatic nitrogens is 1. The predicted molar refractivity (Wildman–Crippen MR) is 62.8 cm³/mol. The van der Waals surface area contributed by atoms with Crippen LogP contribution < -0.4 is 5.32 Å². The molecule has 5 heteroatoms. The van der Waals surface area contributed by atoms with E-state index in [1.165, 1.54) is 0 Å². The van der Waals surface area contributed by atoms with E-state index in [9.17, 15) is 4.79 Å². The Kier molecular flexibility index (Phi) is 4.71. The van der Waals surface area contributed by atoms with Crippen molar-refractivity contribution in [2.24, 2.45) is 0 Å². The molecule has 1 aromatic rings.